The van der Waals surface area contributed by atoms with Crippen molar-refractivity contribution in [2.75, 3.05) is 78.9 Å². The first-order valence-electron chi connectivity index (χ1n) is 10.5. The molecule has 2 saturated heterocycles. The van der Waals surface area contributed by atoms with Crippen LogP contribution < -0.4 is 31.9 Å². The summed E-state index contributed by atoms with van der Waals surface area (Å²) < 4.78 is 0. The van der Waals surface area contributed by atoms with E-state index in [1.807, 2.05) is 0 Å². The van der Waals surface area contributed by atoms with Crippen molar-refractivity contribution >= 4 is 0 Å². The van der Waals surface area contributed by atoms with Crippen molar-refractivity contribution in [1.29, 1.82) is 0 Å². The average molecular weight is 370 g/mol. The van der Waals surface area contributed by atoms with Crippen LogP contribution in [0, 0.1) is 10.8 Å². The molecule has 0 radical (unpaired) electrons. The van der Waals surface area contributed by atoms with Gasteiger partial charge >= 0.3 is 0 Å². The monoisotopic (exact) mass is 369 g/mol. The Bertz CT molecular complexity index is 351. The van der Waals surface area contributed by atoms with Gasteiger partial charge in [0.25, 0.3) is 0 Å². The Hall–Kier alpha value is -0.280. The summed E-state index contributed by atoms with van der Waals surface area (Å²) in [6.07, 6.45) is 2.32. The summed E-state index contributed by atoms with van der Waals surface area (Å²) in [5.74, 6) is 0. The highest BCUT2D eigenvalue weighted by Crippen LogP contribution is 2.37. The minimum absolute atomic E-state index is 0.195. The standard InChI is InChI=1S/C19H43N7/c1-18(2,3)19-12-20-6-4-8-23-15-26(17-25-11-10-22-14-19)16-24-9-5-7-21-13-19/h20-25H,4-17H2,1-3H3. The zero-order valence-electron chi connectivity index (χ0n) is 17.3. The van der Waals surface area contributed by atoms with Crippen LogP contribution in [-0.4, -0.2) is 83.8 Å². The minimum Gasteiger partial charge on any atom is -0.316 e. The Morgan fingerprint density at radius 2 is 0.962 bits per heavy atom. The summed E-state index contributed by atoms with van der Waals surface area (Å²) in [6, 6.07) is 0. The fourth-order valence-electron chi connectivity index (χ4n) is 3.70. The highest BCUT2D eigenvalue weighted by molar-refractivity contribution is 4.96. The molecule has 26 heavy (non-hydrogen) atoms. The van der Waals surface area contributed by atoms with Crippen LogP contribution in [0.15, 0.2) is 0 Å². The summed E-state index contributed by atoms with van der Waals surface area (Å²) in [7, 11) is 0. The summed E-state index contributed by atoms with van der Waals surface area (Å²) in [5, 5.41) is 22.0. The molecule has 0 aromatic heterocycles. The van der Waals surface area contributed by atoms with Gasteiger partial charge in [-0.15, -0.1) is 0 Å². The number of fused-ring (bicyclic) bond motifs is 7. The Morgan fingerprint density at radius 3 is 1.46 bits per heavy atom. The van der Waals surface area contributed by atoms with Crippen LogP contribution in [0.5, 0.6) is 0 Å². The Kier molecular flexibility index (Phi) is 9.77. The number of hydrogen-bond acceptors (Lipinski definition) is 7. The lowest BCUT2D eigenvalue weighted by Gasteiger charge is -2.46. The highest BCUT2D eigenvalue weighted by Gasteiger charge is 2.40. The molecule has 7 heteroatoms. The van der Waals surface area contributed by atoms with E-state index in [-0.39, 0.29) is 10.8 Å². The molecule has 0 aromatic carbocycles. The summed E-state index contributed by atoms with van der Waals surface area (Å²) in [4.78, 5) is 2.40. The predicted octanol–water partition coefficient (Wildman–Crippen LogP) is -0.462. The molecule has 6 N–H and O–H groups in total. The van der Waals surface area contributed by atoms with Crippen LogP contribution in [0.1, 0.15) is 33.6 Å². The summed E-state index contributed by atoms with van der Waals surface area (Å²) in [5.41, 5.74) is 0.420. The van der Waals surface area contributed by atoms with Gasteiger partial charge in [0.1, 0.15) is 0 Å². The second-order valence-corrected chi connectivity index (χ2v) is 8.91. The molecule has 2 aliphatic heterocycles. The van der Waals surface area contributed by atoms with Gasteiger partial charge in [-0.05, 0) is 44.4 Å². The largest absolute Gasteiger partial charge is 0.316 e. The Labute approximate surface area is 160 Å². The van der Waals surface area contributed by atoms with E-state index >= 15 is 0 Å². The predicted molar refractivity (Wildman–Crippen MR) is 110 cm³/mol. The second kappa shape index (κ2) is 11.5. The van der Waals surface area contributed by atoms with Gasteiger partial charge in [0, 0.05) is 38.1 Å². The van der Waals surface area contributed by atoms with Gasteiger partial charge in [-0.1, -0.05) is 20.8 Å². The third-order valence-electron chi connectivity index (χ3n) is 5.88. The minimum atomic E-state index is 0.195. The molecule has 0 atom stereocenters. The lowest BCUT2D eigenvalue weighted by Crippen LogP contribution is -2.56. The van der Waals surface area contributed by atoms with Crippen molar-refractivity contribution in [2.24, 2.45) is 10.8 Å². The van der Waals surface area contributed by atoms with Crippen LogP contribution in [0.4, 0.5) is 0 Å². The number of rotatable bonds is 0. The molecule has 2 aliphatic rings. The van der Waals surface area contributed by atoms with Gasteiger partial charge in [0.15, 0.2) is 0 Å². The van der Waals surface area contributed by atoms with Gasteiger partial charge in [0.2, 0.25) is 0 Å². The molecule has 0 saturated carbocycles. The SMILES string of the molecule is CC(C)(C)C12CNCCCNCN(CNCCCNC1)CNCCNC2. The third-order valence-corrected chi connectivity index (χ3v) is 5.88. The first kappa shape index (κ1) is 22.0. The van der Waals surface area contributed by atoms with E-state index < -0.39 is 0 Å². The smallest absolute Gasteiger partial charge is 0.0505 e. The first-order chi connectivity index (χ1) is 12.5. The molecule has 0 unspecified atom stereocenters. The fourth-order valence-corrected chi connectivity index (χ4v) is 3.70. The Balaban J connectivity index is 2.11. The van der Waals surface area contributed by atoms with E-state index in [1.54, 1.807) is 0 Å². The van der Waals surface area contributed by atoms with E-state index in [9.17, 15) is 0 Å². The molecule has 7 nitrogen and oxygen atoms in total. The van der Waals surface area contributed by atoms with Crippen LogP contribution in [0.2, 0.25) is 0 Å². The van der Waals surface area contributed by atoms with Gasteiger partial charge in [0.05, 0.1) is 20.0 Å². The van der Waals surface area contributed by atoms with E-state index in [4.69, 9.17) is 0 Å². The number of hydrogen-bond donors (Lipinski definition) is 6. The van der Waals surface area contributed by atoms with Crippen molar-refractivity contribution in [1.82, 2.24) is 36.8 Å². The van der Waals surface area contributed by atoms with E-state index in [0.717, 1.165) is 91.8 Å². The fraction of sp³-hybridized carbons (Fsp3) is 1.00. The van der Waals surface area contributed by atoms with Gasteiger partial charge < -0.3 is 31.9 Å². The van der Waals surface area contributed by atoms with E-state index in [1.165, 1.54) is 0 Å². The molecule has 0 amide bonds. The second-order valence-electron chi connectivity index (χ2n) is 8.91. The molecular formula is C19H43N7. The van der Waals surface area contributed by atoms with E-state index in [2.05, 4.69) is 57.6 Å². The van der Waals surface area contributed by atoms with Crippen LogP contribution >= 0.6 is 0 Å². The molecule has 2 rings (SSSR count). The first-order valence-corrected chi connectivity index (χ1v) is 10.5. The number of nitrogens with zero attached hydrogens (tertiary/aromatic N) is 1. The van der Waals surface area contributed by atoms with Crippen LogP contribution in [-0.2, 0) is 0 Å². The normalized spacial score (nSPS) is 32.2. The molecule has 0 aromatic rings. The van der Waals surface area contributed by atoms with Crippen molar-refractivity contribution < 1.29 is 0 Å². The maximum atomic E-state index is 3.76. The maximum absolute atomic E-state index is 3.76. The molecule has 2 heterocycles. The summed E-state index contributed by atoms with van der Waals surface area (Å²) >= 11 is 0. The Morgan fingerprint density at radius 1 is 0.577 bits per heavy atom. The zero-order chi connectivity index (χ0) is 18.7. The van der Waals surface area contributed by atoms with E-state index in [0.29, 0.717) is 0 Å². The molecule has 2 bridgehead atoms. The summed E-state index contributed by atoms with van der Waals surface area (Å²) in [6.45, 7) is 19.3. The topological polar surface area (TPSA) is 75.4 Å². The van der Waals surface area contributed by atoms with Crippen molar-refractivity contribution in [2.45, 2.75) is 33.6 Å². The zero-order valence-corrected chi connectivity index (χ0v) is 17.3. The van der Waals surface area contributed by atoms with Crippen molar-refractivity contribution in [3.05, 3.63) is 0 Å². The molecular weight excluding hydrogens is 326 g/mol. The molecule has 0 aliphatic carbocycles. The molecule has 2 fully saturated rings. The highest BCUT2D eigenvalue weighted by atomic mass is 15.3. The molecule has 0 spiro atoms. The quantitative estimate of drug-likeness (QED) is 0.345. The van der Waals surface area contributed by atoms with Gasteiger partial charge in [-0.3, -0.25) is 4.90 Å². The lowest BCUT2D eigenvalue weighted by atomic mass is 9.66. The third kappa shape index (κ3) is 7.38. The van der Waals surface area contributed by atoms with Crippen LogP contribution in [0.3, 0.4) is 0 Å². The lowest BCUT2D eigenvalue weighted by molar-refractivity contribution is 0.0815. The van der Waals surface area contributed by atoms with Crippen molar-refractivity contribution in [3.63, 3.8) is 0 Å². The van der Waals surface area contributed by atoms with Crippen molar-refractivity contribution in [3.8, 4) is 0 Å². The maximum Gasteiger partial charge on any atom is 0.0505 e. The molecule has 154 valence electrons. The van der Waals surface area contributed by atoms with Gasteiger partial charge in [-0.2, -0.15) is 0 Å². The average Bonchev–Trinajstić information content (AvgIpc) is 2.60. The number of nitrogens with one attached hydrogen (secondary N) is 6. The van der Waals surface area contributed by atoms with Crippen LogP contribution in [0.25, 0.3) is 0 Å². The van der Waals surface area contributed by atoms with Gasteiger partial charge in [-0.25, -0.2) is 0 Å².